The van der Waals surface area contributed by atoms with Crippen LogP contribution in [-0.4, -0.2) is 11.2 Å². The van der Waals surface area contributed by atoms with Crippen molar-refractivity contribution in [1.29, 1.82) is 0 Å². The number of thiocarbonyl (C=S) groups is 1. The number of fused-ring (bicyclic) bond motifs is 2. The number of rotatable bonds is 5. The fraction of sp³-hybridized carbons (Fsp3) is 0.286. The number of anilines is 1. The predicted octanol–water partition coefficient (Wildman–Crippen LogP) is 5.51. The Morgan fingerprint density at radius 2 is 1.85 bits per heavy atom. The van der Waals surface area contributed by atoms with Gasteiger partial charge in [0.05, 0.1) is 5.69 Å². The molecule has 0 saturated heterocycles. The van der Waals surface area contributed by atoms with Crippen LogP contribution in [0.5, 0.6) is 0 Å². The second-order valence-corrected chi connectivity index (χ2v) is 8.47. The predicted molar refractivity (Wildman–Crippen MR) is 111 cm³/mol. The molecular weight excluding hydrogens is 382 g/mol. The van der Waals surface area contributed by atoms with Crippen LogP contribution in [0.2, 0.25) is 0 Å². The average Bonchev–Trinajstić information content (AvgIpc) is 3.23. The van der Waals surface area contributed by atoms with Crippen molar-refractivity contribution in [3.8, 4) is 0 Å². The molecule has 27 heavy (non-hydrogen) atoms. The molecule has 0 spiro atoms. The first-order chi connectivity index (χ1) is 13.1. The van der Waals surface area contributed by atoms with Gasteiger partial charge in [0.25, 0.3) is 0 Å². The largest absolute Gasteiger partial charge is 0.359 e. The van der Waals surface area contributed by atoms with Crippen molar-refractivity contribution in [1.82, 2.24) is 5.32 Å². The third-order valence-corrected chi connectivity index (χ3v) is 6.41. The highest BCUT2D eigenvalue weighted by Crippen LogP contribution is 2.39. The minimum Gasteiger partial charge on any atom is -0.359 e. The standard InChI is InChI=1S/C21H20F2N2S2/c22-16-8-14(9-17(23)11-16)12-27-20-4-2-1-3-18(20)24-21(26)25-19-10-13-5-6-15(19)7-13/h1-6,8-9,11,13,15,19H,7,10,12H2,(H2,24,25,26)/t13-,15+,19+/m0/s1. The molecule has 2 nitrogen and oxygen atoms in total. The van der Waals surface area contributed by atoms with Crippen LogP contribution in [0.1, 0.15) is 18.4 Å². The minimum atomic E-state index is -0.553. The molecule has 2 aliphatic carbocycles. The highest BCUT2D eigenvalue weighted by molar-refractivity contribution is 7.98. The molecule has 0 amide bonds. The summed E-state index contributed by atoms with van der Waals surface area (Å²) >= 11 is 7.03. The summed E-state index contributed by atoms with van der Waals surface area (Å²) in [6.07, 6.45) is 6.94. The van der Waals surface area contributed by atoms with Gasteiger partial charge in [-0.15, -0.1) is 11.8 Å². The number of nitrogens with one attached hydrogen (secondary N) is 2. The first kappa shape index (κ1) is 18.4. The molecule has 2 bridgehead atoms. The molecule has 6 heteroatoms. The van der Waals surface area contributed by atoms with Gasteiger partial charge in [-0.25, -0.2) is 8.78 Å². The van der Waals surface area contributed by atoms with Crippen LogP contribution in [0, 0.1) is 23.5 Å². The lowest BCUT2D eigenvalue weighted by Crippen LogP contribution is -2.40. The van der Waals surface area contributed by atoms with E-state index in [1.165, 1.54) is 30.3 Å². The van der Waals surface area contributed by atoms with E-state index in [1.54, 1.807) is 0 Å². The number of para-hydroxylation sites is 1. The van der Waals surface area contributed by atoms with Gasteiger partial charge in [-0.2, -0.15) is 0 Å². The number of allylic oxidation sites excluding steroid dienone is 1. The number of benzene rings is 2. The molecule has 0 aliphatic heterocycles. The molecule has 4 rings (SSSR count). The maximum absolute atomic E-state index is 13.4. The normalized spacial score (nSPS) is 22.8. The monoisotopic (exact) mass is 402 g/mol. The Labute approximate surface area is 167 Å². The fourth-order valence-corrected chi connectivity index (χ4v) is 5.02. The lowest BCUT2D eigenvalue weighted by atomic mass is 10.0. The summed E-state index contributed by atoms with van der Waals surface area (Å²) < 4.78 is 26.7. The van der Waals surface area contributed by atoms with Gasteiger partial charge in [-0.3, -0.25) is 0 Å². The lowest BCUT2D eigenvalue weighted by Gasteiger charge is -2.22. The zero-order valence-corrected chi connectivity index (χ0v) is 16.3. The molecule has 140 valence electrons. The maximum Gasteiger partial charge on any atom is 0.171 e. The molecule has 0 heterocycles. The van der Waals surface area contributed by atoms with Crippen molar-refractivity contribution >= 4 is 34.8 Å². The lowest BCUT2D eigenvalue weighted by molar-refractivity contribution is 0.526. The van der Waals surface area contributed by atoms with Crippen molar-refractivity contribution in [3.63, 3.8) is 0 Å². The van der Waals surface area contributed by atoms with Gasteiger partial charge in [0, 0.05) is 22.8 Å². The molecule has 2 N–H and O–H groups in total. The SMILES string of the molecule is Fc1cc(F)cc(CSc2ccccc2NC(=S)N[C@@H]2C[C@H]3C=C[C@@H]2C3)c1. The number of hydrogen-bond donors (Lipinski definition) is 2. The summed E-state index contributed by atoms with van der Waals surface area (Å²) in [6, 6.07) is 11.8. The van der Waals surface area contributed by atoms with E-state index >= 15 is 0 Å². The number of halogens is 2. The Morgan fingerprint density at radius 1 is 1.07 bits per heavy atom. The quantitative estimate of drug-likeness (QED) is 0.391. The van der Waals surface area contributed by atoms with Crippen LogP contribution in [0.25, 0.3) is 0 Å². The van der Waals surface area contributed by atoms with Crippen molar-refractivity contribution < 1.29 is 8.78 Å². The Morgan fingerprint density at radius 3 is 2.56 bits per heavy atom. The zero-order valence-electron chi connectivity index (χ0n) is 14.6. The molecular formula is C21H20F2N2S2. The van der Waals surface area contributed by atoms with Crippen molar-refractivity contribution in [3.05, 3.63) is 71.8 Å². The van der Waals surface area contributed by atoms with E-state index in [-0.39, 0.29) is 0 Å². The van der Waals surface area contributed by atoms with E-state index in [9.17, 15) is 8.78 Å². The van der Waals surface area contributed by atoms with E-state index in [4.69, 9.17) is 12.2 Å². The van der Waals surface area contributed by atoms with E-state index in [0.29, 0.717) is 34.3 Å². The Balaban J connectivity index is 1.38. The first-order valence-electron chi connectivity index (χ1n) is 8.99. The molecule has 1 saturated carbocycles. The second-order valence-electron chi connectivity index (χ2n) is 7.05. The molecule has 2 aromatic rings. The molecule has 3 atom stereocenters. The Hall–Kier alpha value is -1.92. The van der Waals surface area contributed by atoms with Crippen LogP contribution in [-0.2, 0) is 5.75 Å². The summed E-state index contributed by atoms with van der Waals surface area (Å²) in [4.78, 5) is 0.985. The van der Waals surface area contributed by atoms with Gasteiger partial charge in [0.2, 0.25) is 0 Å². The van der Waals surface area contributed by atoms with Crippen LogP contribution < -0.4 is 10.6 Å². The Bertz CT molecular complexity index is 864. The van der Waals surface area contributed by atoms with Crippen molar-refractivity contribution in [2.24, 2.45) is 11.8 Å². The average molecular weight is 403 g/mol. The van der Waals surface area contributed by atoms with Gasteiger partial charge in [0.15, 0.2) is 5.11 Å². The summed E-state index contributed by atoms with van der Waals surface area (Å²) in [5.41, 5.74) is 1.51. The minimum absolute atomic E-state index is 0.398. The third kappa shape index (κ3) is 4.50. The highest BCUT2D eigenvalue weighted by Gasteiger charge is 2.35. The Kier molecular flexibility index (Phi) is 5.45. The van der Waals surface area contributed by atoms with Gasteiger partial charge in [-0.1, -0.05) is 24.3 Å². The maximum atomic E-state index is 13.4. The van der Waals surface area contributed by atoms with Gasteiger partial charge in [-0.05, 0) is 66.7 Å². The van der Waals surface area contributed by atoms with E-state index < -0.39 is 11.6 Å². The molecule has 0 aromatic heterocycles. The van der Waals surface area contributed by atoms with Crippen LogP contribution in [0.4, 0.5) is 14.5 Å². The van der Waals surface area contributed by atoms with Crippen LogP contribution in [0.3, 0.4) is 0 Å². The van der Waals surface area contributed by atoms with Crippen LogP contribution in [0.15, 0.2) is 59.5 Å². The zero-order chi connectivity index (χ0) is 18.8. The molecule has 2 aliphatic rings. The molecule has 0 radical (unpaired) electrons. The second kappa shape index (κ2) is 7.98. The van der Waals surface area contributed by atoms with Crippen LogP contribution >= 0.6 is 24.0 Å². The summed E-state index contributed by atoms with van der Waals surface area (Å²) in [5, 5.41) is 7.34. The molecule has 1 fully saturated rings. The van der Waals surface area contributed by atoms with E-state index in [2.05, 4.69) is 22.8 Å². The molecule has 0 unspecified atom stereocenters. The summed E-state index contributed by atoms with van der Waals surface area (Å²) in [5.74, 6) is 0.627. The first-order valence-corrected chi connectivity index (χ1v) is 10.4. The van der Waals surface area contributed by atoms with Gasteiger partial charge < -0.3 is 10.6 Å². The summed E-state index contributed by atoms with van der Waals surface area (Å²) in [6.45, 7) is 0. The topological polar surface area (TPSA) is 24.1 Å². The van der Waals surface area contributed by atoms with Crippen molar-refractivity contribution in [2.45, 2.75) is 29.5 Å². The smallest absolute Gasteiger partial charge is 0.171 e. The third-order valence-electron chi connectivity index (χ3n) is 5.05. The fourth-order valence-electron chi connectivity index (χ4n) is 3.82. The summed E-state index contributed by atoms with van der Waals surface area (Å²) in [7, 11) is 0. The van der Waals surface area contributed by atoms with E-state index in [0.717, 1.165) is 23.1 Å². The van der Waals surface area contributed by atoms with E-state index in [1.807, 2.05) is 24.3 Å². The molecule has 2 aromatic carbocycles. The highest BCUT2D eigenvalue weighted by atomic mass is 32.2. The number of hydrogen-bond acceptors (Lipinski definition) is 2. The van der Waals surface area contributed by atoms with Crippen molar-refractivity contribution in [2.75, 3.05) is 5.32 Å². The van der Waals surface area contributed by atoms with Gasteiger partial charge >= 0.3 is 0 Å². The number of thioether (sulfide) groups is 1. The van der Waals surface area contributed by atoms with Gasteiger partial charge in [0.1, 0.15) is 11.6 Å².